The van der Waals surface area contributed by atoms with E-state index in [9.17, 15) is 83.7 Å². The van der Waals surface area contributed by atoms with Gasteiger partial charge in [-0.05, 0) is 177 Å². The predicted molar refractivity (Wildman–Crippen MR) is 419 cm³/mol. The normalized spacial score (nSPS) is 29.8. The van der Waals surface area contributed by atoms with Crippen molar-refractivity contribution in [3.63, 3.8) is 0 Å². The first-order chi connectivity index (χ1) is 55.7. The van der Waals surface area contributed by atoms with Crippen molar-refractivity contribution in [3.8, 4) is 17.2 Å². The molecule has 1 saturated carbocycles. The molecule has 2 amide bonds. The summed E-state index contributed by atoms with van der Waals surface area (Å²) in [4.78, 5) is 132. The fourth-order valence-corrected chi connectivity index (χ4v) is 20.3. The first kappa shape index (κ1) is 89.9. The lowest BCUT2D eigenvalue weighted by molar-refractivity contribution is -0.205. The van der Waals surface area contributed by atoms with Crippen LogP contribution in [0.15, 0.2) is 60.1 Å². The van der Waals surface area contributed by atoms with Crippen LogP contribution in [0.5, 0.6) is 17.2 Å². The summed E-state index contributed by atoms with van der Waals surface area (Å²) in [5, 5.41) is 84.7. The topological polar surface area (TPSA) is 438 Å². The van der Waals surface area contributed by atoms with Crippen LogP contribution >= 0.6 is 23.2 Å². The zero-order valence-corrected chi connectivity index (χ0v) is 70.7. The highest BCUT2D eigenvalue weighted by molar-refractivity contribution is 6.40. The molecule has 650 valence electrons. The molecule has 8 N–H and O–H groups in total. The quantitative estimate of drug-likeness (QED) is 0.0363. The predicted octanol–water partition coefficient (Wildman–Crippen LogP) is 5.80. The van der Waals surface area contributed by atoms with Gasteiger partial charge in [0.05, 0.1) is 83.4 Å². The largest absolute Gasteiger partial charge is 0.509 e. The first-order valence-electron chi connectivity index (χ1n) is 40.1. The molecule has 15 atom stereocenters. The smallest absolute Gasteiger partial charge is 0.481 e. The number of carboxylic acid groups (broad SMARTS) is 1. The van der Waals surface area contributed by atoms with E-state index in [4.69, 9.17) is 75.8 Å². The third-order valence-electron chi connectivity index (χ3n) is 25.3. The standard InChI is InChI=1S/C27H35NO7.C22H25NO8.C18H21NO4.C17H25NO9.CH2Cl2/c1-15(12-20(30)35-25(2,3)4)24(31)33-18-8-9-27(32)19-13-16-6-7-17(14-29)22-21(16)26(27,23(18)34-22)10-11-28(19)5;1-23-7-6-21-17-11-2-3-12(10-24)18(17)31-19(21)14(4-5-22(21,29)15(23)8-11)30-20(28)13(25)9-16(26)27;1-19-7-6-17-14-10-2-3-11(9-20)15(14)23-16(17)12(21)4-5-18(17,22)13(19)8-10;1-16(2,3)25-13(21)9-10(24-15(23)26-17(4,5)6)14(22)27-18-11(19)7-8-12(18)20;2-1-3/h6-8,15,19,23,29,32H,9-14H2,1-5H3;2-4,13,15,19,24-25,29H,5-10H2,1H3,(H,26,27);2-3,13,16,20,22H,4-9H2,1H3;10H,7-9H2,1-6H3;1H2/t15-,19+,23-,26-,27+;13-,15+,19-,21-,22+;13-,16+,17+,18-;10-;/m0010./s1. The highest BCUT2D eigenvalue weighted by atomic mass is 35.5. The Kier molecular flexibility index (Phi) is 25.3. The molecule has 7 aliphatic heterocycles. The summed E-state index contributed by atoms with van der Waals surface area (Å²) in [7, 11) is 6.08. The number of piperidine rings is 3. The van der Waals surface area contributed by atoms with Gasteiger partial charge >= 0.3 is 42.0 Å². The van der Waals surface area contributed by atoms with Crippen LogP contribution in [-0.2, 0) is 132 Å². The third kappa shape index (κ3) is 16.0. The fourth-order valence-electron chi connectivity index (χ4n) is 20.3. The van der Waals surface area contributed by atoms with Crippen molar-refractivity contribution in [2.24, 2.45) is 5.92 Å². The average molecular weight is 1700 g/mol. The molecule has 6 aliphatic carbocycles. The lowest BCUT2D eigenvalue weighted by Crippen LogP contribution is -2.76. The molecule has 3 spiro atoms. The van der Waals surface area contributed by atoms with Crippen molar-refractivity contribution in [1.29, 1.82) is 0 Å². The van der Waals surface area contributed by atoms with E-state index in [0.717, 1.165) is 64.9 Å². The number of amides is 2. The van der Waals surface area contributed by atoms with E-state index in [1.165, 1.54) is 0 Å². The number of halogens is 2. The van der Waals surface area contributed by atoms with Gasteiger partial charge in [-0.3, -0.25) is 33.6 Å². The SMILES string of the molecule is CC(C)(C)OC(=O)C[C@H](OC(=O)OC(C)(C)C)C(=O)ON1C(=O)CCC1=O.CN1CC[C@]23c4c5ccc(CO)c4O[C@H]2C(=O)CC[C@@]3(O)[C@H]1C5.CN1CC[C@]23c4c5ccc(CO)c4O[C@H]2C(OC(=O)[C@@H](O)CC(=O)O)=CC[C@@]3(O)[C@H]1C5.C[C@@H](CC(=O)OC(C)(C)C)C(=O)OC1=CC[C@@]2(O)[C@H]3Cc4ccc(CO)c5c4[C@@]2(CCN3C)[C@H]1O5.ClCCl. The molecule has 7 heterocycles. The summed E-state index contributed by atoms with van der Waals surface area (Å²) >= 11 is 9.53. The van der Waals surface area contributed by atoms with Gasteiger partial charge in [0.25, 0.3) is 11.8 Å². The average Bonchev–Trinajstić information content (AvgIpc) is 1.55. The second-order valence-electron chi connectivity index (χ2n) is 36.0. The number of hydroxylamine groups is 2. The van der Waals surface area contributed by atoms with Gasteiger partial charge in [-0.1, -0.05) is 43.3 Å². The number of likely N-dealkylation sites (tertiary alicyclic amines) is 3. The van der Waals surface area contributed by atoms with Crippen molar-refractivity contribution in [1.82, 2.24) is 19.8 Å². The van der Waals surface area contributed by atoms with E-state index in [1.807, 2.05) is 50.5 Å². The fraction of sp³-hybridized carbons (Fsp3) is 0.624. The number of hydrogen-bond donors (Lipinski definition) is 8. The van der Waals surface area contributed by atoms with E-state index >= 15 is 0 Å². The first-order valence-corrected chi connectivity index (χ1v) is 41.2. The van der Waals surface area contributed by atoms with Crippen LogP contribution in [-0.4, -0.2) is 249 Å². The number of benzene rings is 3. The number of carboxylic acids is 1. The number of aliphatic hydroxyl groups excluding tert-OH is 4. The molecule has 119 heavy (non-hydrogen) atoms. The number of carbonyl (C=O) groups is 10. The number of esters is 4. The Labute approximate surface area is 698 Å². The number of rotatable bonds is 16. The van der Waals surface area contributed by atoms with Crippen LogP contribution in [0.25, 0.3) is 0 Å². The Morgan fingerprint density at radius 2 is 0.899 bits per heavy atom. The van der Waals surface area contributed by atoms with E-state index < -0.39 is 153 Å². The molecule has 0 radical (unpaired) electrons. The number of alkyl halides is 2. The lowest BCUT2D eigenvalue weighted by Gasteiger charge is -2.62. The van der Waals surface area contributed by atoms with Crippen LogP contribution in [0.2, 0.25) is 0 Å². The van der Waals surface area contributed by atoms with Gasteiger partial charge in [-0.2, -0.15) is 0 Å². The molecule has 3 aromatic rings. The molecule has 13 aliphatic rings. The van der Waals surface area contributed by atoms with Crippen LogP contribution < -0.4 is 14.2 Å². The molecular weight excluding hydrogens is 1600 g/mol. The molecule has 3 aromatic carbocycles. The summed E-state index contributed by atoms with van der Waals surface area (Å²) < 4.78 is 50.4. The van der Waals surface area contributed by atoms with Gasteiger partial charge in [0.2, 0.25) is 6.10 Å². The molecule has 16 rings (SSSR count). The van der Waals surface area contributed by atoms with Crippen molar-refractivity contribution in [3.05, 3.63) is 110 Å². The summed E-state index contributed by atoms with van der Waals surface area (Å²) in [6, 6.07) is 11.4. The Balaban J connectivity index is 0.000000145. The molecule has 0 unspecified atom stereocenters. The number of likely N-dealkylation sites (N-methyl/N-ethyl adjacent to an activating group) is 3. The summed E-state index contributed by atoms with van der Waals surface area (Å²) in [5.74, 6) is -5.21. The van der Waals surface area contributed by atoms with Gasteiger partial charge in [0.15, 0.2) is 30.2 Å². The van der Waals surface area contributed by atoms with Crippen LogP contribution in [0.3, 0.4) is 0 Å². The molecule has 4 saturated heterocycles. The maximum absolute atomic E-state index is 13.0. The Morgan fingerprint density at radius 3 is 1.29 bits per heavy atom. The Hall–Kier alpha value is -8.38. The molecular formula is C85H108Cl2N4O28. The number of nitrogens with zero attached hydrogens (tertiary/aromatic N) is 4. The number of aliphatic carboxylic acids is 1. The second kappa shape index (κ2) is 33.5. The van der Waals surface area contributed by atoms with Crippen LogP contribution in [0.1, 0.15) is 196 Å². The van der Waals surface area contributed by atoms with Crippen LogP contribution in [0, 0.1) is 5.92 Å². The number of ether oxygens (including phenoxy) is 9. The molecule has 5 fully saturated rings. The van der Waals surface area contributed by atoms with Gasteiger partial charge in [-0.15, -0.1) is 28.3 Å². The number of ketones is 1. The zero-order valence-electron chi connectivity index (χ0n) is 69.2. The number of hydrogen-bond acceptors (Lipinski definition) is 30. The van der Waals surface area contributed by atoms with Gasteiger partial charge in [0.1, 0.15) is 45.6 Å². The van der Waals surface area contributed by atoms with E-state index in [0.29, 0.717) is 90.7 Å². The maximum Gasteiger partial charge on any atom is 0.509 e. The molecule has 0 aromatic heterocycles. The van der Waals surface area contributed by atoms with Gasteiger partial charge in [-0.25, -0.2) is 14.4 Å². The monoisotopic (exact) mass is 1700 g/mol. The summed E-state index contributed by atoms with van der Waals surface area (Å²) in [6.45, 7) is 18.4. The minimum atomic E-state index is -1.80. The van der Waals surface area contributed by atoms with Crippen molar-refractivity contribution in [2.45, 2.75) is 284 Å². The molecule has 34 heteroatoms. The highest BCUT2D eigenvalue weighted by Crippen LogP contribution is 2.68. The van der Waals surface area contributed by atoms with Crippen molar-refractivity contribution >= 4 is 82.8 Å². The second-order valence-corrected chi connectivity index (χ2v) is 36.8. The van der Waals surface area contributed by atoms with Crippen LogP contribution in [0.4, 0.5) is 4.79 Å². The number of imide groups is 1. The van der Waals surface area contributed by atoms with Crippen molar-refractivity contribution < 1.29 is 136 Å². The minimum absolute atomic E-state index is 0.0221. The van der Waals surface area contributed by atoms with E-state index in [2.05, 4.69) is 21.7 Å². The summed E-state index contributed by atoms with van der Waals surface area (Å²) in [6.07, 6.45) is 0.210. The van der Waals surface area contributed by atoms with Gasteiger partial charge < -0.3 is 103 Å². The number of carbonyl (C=O) groups excluding carboxylic acids is 9. The van der Waals surface area contributed by atoms with E-state index in [1.54, 1.807) is 81.4 Å². The minimum Gasteiger partial charge on any atom is -0.481 e. The van der Waals surface area contributed by atoms with E-state index in [-0.39, 0.29) is 80.5 Å². The van der Waals surface area contributed by atoms with Crippen molar-refractivity contribution in [2.75, 3.05) is 46.1 Å². The molecule has 6 bridgehead atoms. The maximum atomic E-state index is 13.0. The zero-order chi connectivity index (χ0) is 87.1. The number of aliphatic hydroxyl groups is 7. The Morgan fingerprint density at radius 1 is 0.521 bits per heavy atom. The highest BCUT2D eigenvalue weighted by Gasteiger charge is 2.75. The summed E-state index contributed by atoms with van der Waals surface area (Å²) in [5.41, 5.74) is 0.302. The Bertz CT molecular complexity index is 4580. The lowest BCUT2D eigenvalue weighted by atomic mass is 9.49. The third-order valence-corrected chi connectivity index (χ3v) is 25.3. The van der Waals surface area contributed by atoms with Gasteiger partial charge in [0, 0.05) is 83.6 Å². The molecule has 32 nitrogen and oxygen atoms in total. The number of Topliss-reactive ketones (excluding diaryl/α,β-unsaturated/α-hetero) is 1.